The van der Waals surface area contributed by atoms with Crippen LogP contribution in [0.2, 0.25) is 7.25 Å². The number of non-ortho nitro benzene ring substituents is 2. The summed E-state index contributed by atoms with van der Waals surface area (Å²) in [5.41, 5.74) is 8.19. The quantitative estimate of drug-likeness (QED) is 0.212. The van der Waals surface area contributed by atoms with Crippen LogP contribution in [-0.2, 0) is 21.1 Å². The standard InChI is InChI=1S/2C10H13.2C6H5NO3.Zr/c2*1-8-6-9-4-2-3-5-10(9)7-8;2*8-6-3-1-5(2-4-6)7(9)10;/h2*6-7H,2-5H2,1H3;2*1-4,8H;/q;;;;+2/p-2. The van der Waals surface area contributed by atoms with Gasteiger partial charge in [-0.25, -0.2) is 0 Å². The van der Waals surface area contributed by atoms with Crippen LogP contribution < -0.4 is 5.63 Å². The molecule has 2 aromatic rings. The van der Waals surface area contributed by atoms with E-state index in [4.69, 9.17) is 5.63 Å². The van der Waals surface area contributed by atoms with Crippen molar-refractivity contribution in [2.24, 2.45) is 0 Å². The van der Waals surface area contributed by atoms with E-state index in [0.717, 1.165) is 38.5 Å². The normalized spacial score (nSPS) is 22.1. The Morgan fingerprint density at radius 3 is 1.37 bits per heavy atom. The Balaban J connectivity index is 1.55. The molecule has 4 aliphatic rings. The van der Waals surface area contributed by atoms with Crippen molar-refractivity contribution in [2.75, 3.05) is 0 Å². The molecule has 2 aromatic carbocycles. The number of benzene rings is 2. The zero-order chi connectivity index (χ0) is 28.7. The van der Waals surface area contributed by atoms with Crippen LogP contribution >= 0.6 is 0 Å². The summed E-state index contributed by atoms with van der Waals surface area (Å²) in [6.45, 7) is 4.38. The Morgan fingerprint density at radius 1 is 0.634 bits per heavy atom. The molecule has 0 fully saturated rings. The number of nitro groups is 2. The van der Waals surface area contributed by atoms with Gasteiger partial charge in [0.2, 0.25) is 0 Å². The van der Waals surface area contributed by atoms with Crippen molar-refractivity contribution in [3.05, 3.63) is 114 Å². The fourth-order valence-corrected chi connectivity index (χ4v) is 19.4. The van der Waals surface area contributed by atoms with Gasteiger partial charge in [0.1, 0.15) is 0 Å². The van der Waals surface area contributed by atoms with Crippen molar-refractivity contribution in [3.8, 4) is 11.5 Å². The second-order valence-electron chi connectivity index (χ2n) is 11.6. The van der Waals surface area contributed by atoms with Crippen LogP contribution in [0.4, 0.5) is 11.4 Å². The molecule has 0 aromatic heterocycles. The van der Waals surface area contributed by atoms with E-state index >= 15 is 0 Å². The van der Waals surface area contributed by atoms with Crippen LogP contribution in [0.25, 0.3) is 0 Å². The molecule has 0 amide bonds. The van der Waals surface area contributed by atoms with E-state index in [1.807, 2.05) is 0 Å². The third kappa shape index (κ3) is 5.14. The van der Waals surface area contributed by atoms with Crippen molar-refractivity contribution in [1.29, 1.82) is 0 Å². The molecular weight excluding hydrogens is 600 g/mol. The van der Waals surface area contributed by atoms with Gasteiger partial charge in [0.05, 0.1) is 0 Å². The number of hydrogen-bond acceptors (Lipinski definition) is 6. The molecule has 6 rings (SSSR count). The van der Waals surface area contributed by atoms with Crippen LogP contribution in [0, 0.1) is 20.2 Å². The van der Waals surface area contributed by atoms with Gasteiger partial charge in [0.25, 0.3) is 0 Å². The number of rotatable bonds is 8. The van der Waals surface area contributed by atoms with Crippen molar-refractivity contribution < 1.29 is 36.6 Å². The minimum absolute atomic E-state index is 0.0119. The Morgan fingerprint density at radius 2 is 1.00 bits per heavy atom. The first-order valence-corrected chi connectivity index (χ1v) is 19.3. The van der Waals surface area contributed by atoms with Crippen LogP contribution in [0.5, 0.6) is 11.5 Å². The summed E-state index contributed by atoms with van der Waals surface area (Å²) in [6.07, 6.45) is 13.4. The molecule has 2 atom stereocenters. The first-order valence-electron chi connectivity index (χ1n) is 14.4. The number of hydrogen-bond donors (Lipinski definition) is 0. The predicted octanol–water partition coefficient (Wildman–Crippen LogP) is 9.18. The van der Waals surface area contributed by atoms with E-state index in [-0.39, 0.29) is 18.6 Å². The van der Waals surface area contributed by atoms with Gasteiger partial charge >= 0.3 is 246 Å². The zero-order valence-electron chi connectivity index (χ0n) is 23.4. The van der Waals surface area contributed by atoms with Crippen LogP contribution in [0.1, 0.15) is 65.2 Å². The Labute approximate surface area is 245 Å². The molecule has 0 spiro atoms. The van der Waals surface area contributed by atoms with E-state index in [1.165, 1.54) is 70.5 Å². The summed E-state index contributed by atoms with van der Waals surface area (Å²) in [5, 5.41) is 22.8. The molecule has 0 aliphatic heterocycles. The molecular formula is C32H34N2O6Zr. The Bertz CT molecular complexity index is 1400. The van der Waals surface area contributed by atoms with Crippen molar-refractivity contribution in [1.82, 2.24) is 0 Å². The third-order valence-electron chi connectivity index (χ3n) is 8.98. The molecule has 0 heterocycles. The number of nitro benzene ring substituents is 2. The Kier molecular flexibility index (Phi) is 7.58. The van der Waals surface area contributed by atoms with Crippen molar-refractivity contribution >= 4 is 11.4 Å². The molecule has 41 heavy (non-hydrogen) atoms. The summed E-state index contributed by atoms with van der Waals surface area (Å²) in [5.74, 6) is 1.15. The molecule has 0 N–H and O–H groups in total. The van der Waals surface area contributed by atoms with Crippen LogP contribution in [-0.4, -0.2) is 9.85 Å². The van der Waals surface area contributed by atoms with E-state index in [1.54, 1.807) is 24.3 Å². The van der Waals surface area contributed by atoms with Gasteiger partial charge in [0.15, 0.2) is 0 Å². The van der Waals surface area contributed by atoms with Crippen molar-refractivity contribution in [3.63, 3.8) is 0 Å². The number of nitrogens with zero attached hydrogens (tertiary/aromatic N) is 2. The van der Waals surface area contributed by atoms with E-state index in [2.05, 4.69) is 26.0 Å². The summed E-state index contributed by atoms with van der Waals surface area (Å²) in [4.78, 5) is 22.0. The topological polar surface area (TPSA) is 105 Å². The van der Waals surface area contributed by atoms with Gasteiger partial charge < -0.3 is 0 Å². The fraction of sp³-hybridized carbons (Fsp3) is 0.375. The maximum atomic E-state index is 11.4. The third-order valence-corrected chi connectivity index (χ3v) is 19.6. The van der Waals surface area contributed by atoms with Gasteiger partial charge in [-0.15, -0.1) is 0 Å². The molecule has 8 nitrogen and oxygen atoms in total. The summed E-state index contributed by atoms with van der Waals surface area (Å²) >= 11 is -4.56. The Hall–Kier alpha value is -3.32. The van der Waals surface area contributed by atoms with E-state index in [0.29, 0.717) is 11.5 Å². The SMILES string of the molecule is CC1=CC2=C(CCCC2)[CH]1[Zr]([O]c1ccc([N+](=O)[O-])cc1)([O]c1ccc([N+](=O)[O-])cc1)[CH]1C(C)=CC2=C1CCCC2. The van der Waals surface area contributed by atoms with E-state index in [9.17, 15) is 20.2 Å². The molecule has 0 bridgehead atoms. The summed E-state index contributed by atoms with van der Waals surface area (Å²) < 4.78 is 14.7. The fourth-order valence-electron chi connectivity index (χ4n) is 7.34. The molecule has 0 saturated heterocycles. The summed E-state index contributed by atoms with van der Waals surface area (Å²) in [6, 6.07) is 12.7. The van der Waals surface area contributed by atoms with Gasteiger partial charge in [-0.3, -0.25) is 0 Å². The van der Waals surface area contributed by atoms with E-state index < -0.39 is 31.0 Å². The molecule has 9 heteroatoms. The number of allylic oxidation sites excluding steroid dienone is 8. The van der Waals surface area contributed by atoms with Gasteiger partial charge in [-0.2, -0.15) is 0 Å². The molecule has 0 radical (unpaired) electrons. The van der Waals surface area contributed by atoms with Crippen LogP contribution in [0.15, 0.2) is 94.1 Å². The van der Waals surface area contributed by atoms with Gasteiger partial charge in [0, 0.05) is 0 Å². The monoisotopic (exact) mass is 632 g/mol. The van der Waals surface area contributed by atoms with Crippen molar-refractivity contribution in [2.45, 2.75) is 72.5 Å². The molecule has 2 unspecified atom stereocenters. The molecule has 212 valence electrons. The van der Waals surface area contributed by atoms with Crippen LogP contribution in [0.3, 0.4) is 0 Å². The average molecular weight is 634 g/mol. The predicted molar refractivity (Wildman–Crippen MR) is 153 cm³/mol. The minimum atomic E-state index is -4.56. The average Bonchev–Trinajstić information content (AvgIpc) is 3.49. The van der Waals surface area contributed by atoms with Gasteiger partial charge in [-0.05, 0) is 0 Å². The molecule has 4 aliphatic carbocycles. The maximum absolute atomic E-state index is 11.4. The summed E-state index contributed by atoms with van der Waals surface area (Å²) in [7, 11) is 0. The molecule has 0 saturated carbocycles. The van der Waals surface area contributed by atoms with Gasteiger partial charge in [-0.1, -0.05) is 0 Å². The second kappa shape index (κ2) is 11.2. The zero-order valence-corrected chi connectivity index (χ0v) is 25.9. The first kappa shape index (κ1) is 27.8. The first-order chi connectivity index (χ1) is 19.8. The second-order valence-corrected chi connectivity index (χ2v) is 19.0.